The molecule has 0 spiro atoms. The second-order valence-electron chi connectivity index (χ2n) is 4.33. The molecule has 4 nitrogen and oxygen atoms in total. The maximum absolute atomic E-state index is 10.6. The monoisotopic (exact) mass is 358 g/mol. The Hall–Kier alpha value is -1.20. The van der Waals surface area contributed by atoms with Crippen LogP contribution in [0.1, 0.15) is 6.42 Å². The van der Waals surface area contributed by atoms with Crippen molar-refractivity contribution in [3.05, 3.63) is 54.9 Å². The molecule has 0 radical (unpaired) electrons. The van der Waals surface area contributed by atoms with E-state index in [0.29, 0.717) is 13.0 Å². The first-order valence-electron chi connectivity index (χ1n) is 6.20. The van der Waals surface area contributed by atoms with Crippen molar-refractivity contribution < 1.29 is 17.5 Å². The first-order valence-corrected chi connectivity index (χ1v) is 9.52. The summed E-state index contributed by atoms with van der Waals surface area (Å²) in [6, 6.07) is 14.4. The molecule has 0 amide bonds. The molecule has 0 fully saturated rings. The SMILES string of the molecule is O=S(=O)(O)CCC[n+]1ccc([Se]c2ccccc2)cc1. The fraction of sp³-hybridized carbons (Fsp3) is 0.214. The molecule has 2 rings (SSSR count). The van der Waals surface area contributed by atoms with Gasteiger partial charge in [-0.15, -0.1) is 0 Å². The van der Waals surface area contributed by atoms with Crippen molar-refractivity contribution >= 4 is 34.0 Å². The first kappa shape index (κ1) is 15.2. The van der Waals surface area contributed by atoms with E-state index in [9.17, 15) is 8.42 Å². The molecule has 1 aromatic carbocycles. The van der Waals surface area contributed by atoms with Crippen LogP contribution >= 0.6 is 0 Å². The molecule has 106 valence electrons. The van der Waals surface area contributed by atoms with Gasteiger partial charge in [0, 0.05) is 0 Å². The van der Waals surface area contributed by atoms with Gasteiger partial charge in [0.2, 0.25) is 0 Å². The molecular weight excluding hydrogens is 341 g/mol. The summed E-state index contributed by atoms with van der Waals surface area (Å²) in [5.41, 5.74) is 0. The van der Waals surface area contributed by atoms with Crippen LogP contribution in [-0.2, 0) is 16.7 Å². The number of aryl methyl sites for hydroxylation is 1. The fourth-order valence-corrected chi connectivity index (χ4v) is 3.94. The number of nitrogens with zero attached hydrogens (tertiary/aromatic N) is 1. The van der Waals surface area contributed by atoms with Gasteiger partial charge < -0.3 is 0 Å². The summed E-state index contributed by atoms with van der Waals surface area (Å²) >= 11 is 0.286. The van der Waals surface area contributed by atoms with Crippen LogP contribution in [0, 0.1) is 0 Å². The molecule has 20 heavy (non-hydrogen) atoms. The molecule has 1 aromatic heterocycles. The van der Waals surface area contributed by atoms with Crippen molar-refractivity contribution in [1.82, 2.24) is 0 Å². The molecule has 1 heterocycles. The molecule has 0 saturated heterocycles. The third-order valence-electron chi connectivity index (χ3n) is 2.66. The van der Waals surface area contributed by atoms with Crippen molar-refractivity contribution in [2.75, 3.05) is 5.75 Å². The molecule has 0 unspecified atom stereocenters. The maximum atomic E-state index is 10.6. The summed E-state index contributed by atoms with van der Waals surface area (Å²) in [5.74, 6) is -0.199. The average molecular weight is 357 g/mol. The van der Waals surface area contributed by atoms with Gasteiger partial charge in [-0.2, -0.15) is 0 Å². The van der Waals surface area contributed by atoms with E-state index in [0.717, 1.165) is 0 Å². The van der Waals surface area contributed by atoms with E-state index < -0.39 is 10.1 Å². The van der Waals surface area contributed by atoms with Crippen LogP contribution in [0.3, 0.4) is 0 Å². The van der Waals surface area contributed by atoms with Crippen LogP contribution < -0.4 is 13.5 Å². The Morgan fingerprint density at radius 3 is 2.20 bits per heavy atom. The standard InChI is InChI=1S/C14H15NO3SSe/c16-19(17,18)12-4-9-15-10-7-14(8-11-15)20-13-5-2-1-3-6-13/h1-3,5-8,10-11H,4,9,12H2/p+1. The molecule has 0 atom stereocenters. The van der Waals surface area contributed by atoms with Crippen molar-refractivity contribution in [2.45, 2.75) is 13.0 Å². The van der Waals surface area contributed by atoms with Gasteiger partial charge in [0.1, 0.15) is 0 Å². The van der Waals surface area contributed by atoms with Gasteiger partial charge in [0.25, 0.3) is 0 Å². The Morgan fingerprint density at radius 1 is 1.00 bits per heavy atom. The van der Waals surface area contributed by atoms with Crippen LogP contribution in [0.2, 0.25) is 0 Å². The van der Waals surface area contributed by atoms with Crippen molar-refractivity contribution in [2.24, 2.45) is 0 Å². The number of pyridine rings is 1. The molecule has 1 N–H and O–H groups in total. The first-order chi connectivity index (χ1) is 9.53. The normalized spacial score (nSPS) is 11.4. The summed E-state index contributed by atoms with van der Waals surface area (Å²) in [6.07, 6.45) is 4.31. The Balaban J connectivity index is 1.90. The minimum atomic E-state index is -3.85. The Labute approximate surface area is 125 Å². The summed E-state index contributed by atoms with van der Waals surface area (Å²) in [5, 5.41) is 0. The summed E-state index contributed by atoms with van der Waals surface area (Å²) < 4.78 is 34.4. The average Bonchev–Trinajstić information content (AvgIpc) is 2.41. The molecular formula is C14H16NO3SSe+. The predicted molar refractivity (Wildman–Crippen MR) is 79.1 cm³/mol. The third-order valence-corrected chi connectivity index (χ3v) is 5.59. The van der Waals surface area contributed by atoms with Crippen molar-refractivity contribution in [1.29, 1.82) is 0 Å². The van der Waals surface area contributed by atoms with E-state index in [4.69, 9.17) is 4.55 Å². The Bertz CT molecular complexity index is 642. The Morgan fingerprint density at radius 2 is 1.60 bits per heavy atom. The van der Waals surface area contributed by atoms with E-state index in [1.807, 2.05) is 35.2 Å². The van der Waals surface area contributed by atoms with E-state index >= 15 is 0 Å². The van der Waals surface area contributed by atoms with Crippen LogP contribution in [0.4, 0.5) is 0 Å². The summed E-state index contributed by atoms with van der Waals surface area (Å²) in [4.78, 5) is 0. The van der Waals surface area contributed by atoms with Crippen LogP contribution in [-0.4, -0.2) is 33.7 Å². The van der Waals surface area contributed by atoms with Crippen LogP contribution in [0.5, 0.6) is 0 Å². The predicted octanol–water partition coefficient (Wildman–Crippen LogP) is -0.0930. The quantitative estimate of drug-likeness (QED) is 0.447. The number of hydrogen-bond donors (Lipinski definition) is 1. The molecule has 0 aliphatic rings. The van der Waals surface area contributed by atoms with E-state index in [1.54, 1.807) is 0 Å². The minimum absolute atomic E-state index is 0.199. The molecule has 0 bridgehead atoms. The third kappa shape index (κ3) is 5.43. The summed E-state index contributed by atoms with van der Waals surface area (Å²) in [6.45, 7) is 0.582. The number of hydrogen-bond acceptors (Lipinski definition) is 2. The van der Waals surface area contributed by atoms with E-state index in [2.05, 4.69) is 24.3 Å². The second-order valence-corrected chi connectivity index (χ2v) is 8.30. The summed E-state index contributed by atoms with van der Waals surface area (Å²) in [7, 11) is -3.85. The van der Waals surface area contributed by atoms with E-state index in [-0.39, 0.29) is 20.7 Å². The number of rotatable bonds is 6. The van der Waals surface area contributed by atoms with Crippen LogP contribution in [0.25, 0.3) is 0 Å². The van der Waals surface area contributed by atoms with Crippen molar-refractivity contribution in [3.8, 4) is 0 Å². The zero-order valence-electron chi connectivity index (χ0n) is 10.8. The van der Waals surface area contributed by atoms with Gasteiger partial charge in [0.15, 0.2) is 0 Å². The van der Waals surface area contributed by atoms with E-state index in [1.165, 1.54) is 8.92 Å². The molecule has 6 heteroatoms. The van der Waals surface area contributed by atoms with Crippen molar-refractivity contribution in [3.63, 3.8) is 0 Å². The van der Waals surface area contributed by atoms with Gasteiger partial charge in [0.05, 0.1) is 0 Å². The van der Waals surface area contributed by atoms with Crippen LogP contribution in [0.15, 0.2) is 54.9 Å². The Kier molecular flexibility index (Phi) is 5.31. The fourth-order valence-electron chi connectivity index (χ4n) is 1.71. The van der Waals surface area contributed by atoms with Gasteiger partial charge in [-0.05, 0) is 0 Å². The zero-order valence-corrected chi connectivity index (χ0v) is 13.4. The molecule has 0 saturated carbocycles. The topological polar surface area (TPSA) is 58.3 Å². The van der Waals surface area contributed by atoms with Gasteiger partial charge in [-0.1, -0.05) is 0 Å². The number of aromatic nitrogens is 1. The molecule has 0 aliphatic carbocycles. The van der Waals surface area contributed by atoms with Gasteiger partial charge in [-0.3, -0.25) is 0 Å². The van der Waals surface area contributed by atoms with Gasteiger partial charge in [-0.25, -0.2) is 0 Å². The number of benzene rings is 1. The second kappa shape index (κ2) is 6.99. The molecule has 0 aliphatic heterocycles. The molecule has 2 aromatic rings. The zero-order chi connectivity index (χ0) is 14.4. The van der Waals surface area contributed by atoms with Gasteiger partial charge >= 0.3 is 125 Å².